The maximum Gasteiger partial charge on any atom is 0.407 e. The summed E-state index contributed by atoms with van der Waals surface area (Å²) in [7, 11) is 0. The molecule has 0 aromatic rings. The van der Waals surface area contributed by atoms with Crippen LogP contribution in [0.2, 0.25) is 0 Å². The molecule has 1 aliphatic rings. The minimum Gasteiger partial charge on any atom is -0.444 e. The van der Waals surface area contributed by atoms with Crippen molar-refractivity contribution < 1.29 is 9.53 Å². The number of rotatable bonds is 6. The number of alkyl carbamates (subject to hydrolysis) is 1. The van der Waals surface area contributed by atoms with Crippen molar-refractivity contribution in [3.05, 3.63) is 12.2 Å². The Morgan fingerprint density at radius 2 is 1.86 bits per heavy atom. The zero-order valence-electron chi connectivity index (χ0n) is 13.9. The van der Waals surface area contributed by atoms with Crippen molar-refractivity contribution in [3.63, 3.8) is 0 Å². The Bertz CT molecular complexity index is 329. The van der Waals surface area contributed by atoms with E-state index in [0.717, 1.165) is 13.1 Å². The van der Waals surface area contributed by atoms with Crippen molar-refractivity contribution in [3.8, 4) is 0 Å². The van der Waals surface area contributed by atoms with Crippen LogP contribution in [0, 0.1) is 0 Å². The molecule has 2 N–H and O–H groups in total. The van der Waals surface area contributed by atoms with Gasteiger partial charge in [0.25, 0.3) is 0 Å². The molecule has 0 aliphatic carbocycles. The molecule has 5 nitrogen and oxygen atoms in total. The Balaban J connectivity index is 2.04. The average molecular weight is 297 g/mol. The summed E-state index contributed by atoms with van der Waals surface area (Å²) in [5, 5.41) is 6.24. The van der Waals surface area contributed by atoms with Gasteiger partial charge in [-0.1, -0.05) is 19.1 Å². The third kappa shape index (κ3) is 8.73. The van der Waals surface area contributed by atoms with Gasteiger partial charge in [0.1, 0.15) is 5.60 Å². The van der Waals surface area contributed by atoms with Gasteiger partial charge in [0.2, 0.25) is 0 Å². The Kier molecular flexibility index (Phi) is 7.75. The molecule has 0 radical (unpaired) electrons. The molecule has 1 rings (SSSR count). The summed E-state index contributed by atoms with van der Waals surface area (Å²) in [6.45, 7) is 12.7. The van der Waals surface area contributed by atoms with Gasteiger partial charge in [0.15, 0.2) is 0 Å². The Morgan fingerprint density at radius 3 is 2.43 bits per heavy atom. The predicted molar refractivity (Wildman–Crippen MR) is 86.5 cm³/mol. The molecule has 1 fully saturated rings. The second-order valence-corrected chi connectivity index (χ2v) is 6.47. The monoisotopic (exact) mass is 297 g/mol. The molecule has 122 valence electrons. The van der Waals surface area contributed by atoms with E-state index < -0.39 is 5.60 Å². The van der Waals surface area contributed by atoms with E-state index in [-0.39, 0.29) is 6.09 Å². The van der Waals surface area contributed by atoms with Gasteiger partial charge in [-0.05, 0) is 53.2 Å². The minimum atomic E-state index is -0.442. The van der Waals surface area contributed by atoms with Crippen molar-refractivity contribution >= 4 is 6.09 Å². The van der Waals surface area contributed by atoms with Gasteiger partial charge in [0.05, 0.1) is 0 Å². The number of hydrogen-bond acceptors (Lipinski definition) is 4. The van der Waals surface area contributed by atoms with Crippen LogP contribution in [0.25, 0.3) is 0 Å². The lowest BCUT2D eigenvalue weighted by molar-refractivity contribution is 0.0534. The molecule has 0 spiro atoms. The van der Waals surface area contributed by atoms with E-state index in [4.69, 9.17) is 4.74 Å². The number of ether oxygens (including phenoxy) is 1. The largest absolute Gasteiger partial charge is 0.444 e. The second kappa shape index (κ2) is 9.05. The SMILES string of the molecule is CCN1CCC(NC/C=C/CNC(=O)OC(C)(C)C)CC1. The molecule has 1 aliphatic heterocycles. The summed E-state index contributed by atoms with van der Waals surface area (Å²) in [5.74, 6) is 0. The highest BCUT2D eigenvalue weighted by Gasteiger charge is 2.16. The topological polar surface area (TPSA) is 53.6 Å². The molecule has 5 heteroatoms. The molecule has 0 saturated carbocycles. The normalized spacial score (nSPS) is 18.1. The summed E-state index contributed by atoms with van der Waals surface area (Å²) >= 11 is 0. The molecule has 21 heavy (non-hydrogen) atoms. The van der Waals surface area contributed by atoms with Crippen LogP contribution >= 0.6 is 0 Å². The van der Waals surface area contributed by atoms with Crippen LogP contribution in [0.3, 0.4) is 0 Å². The zero-order valence-corrected chi connectivity index (χ0v) is 13.9. The molecule has 1 saturated heterocycles. The summed E-state index contributed by atoms with van der Waals surface area (Å²) in [4.78, 5) is 13.9. The molecular formula is C16H31N3O2. The molecule has 0 atom stereocenters. The van der Waals surface area contributed by atoms with E-state index in [9.17, 15) is 4.79 Å². The first-order valence-corrected chi connectivity index (χ1v) is 7.98. The summed E-state index contributed by atoms with van der Waals surface area (Å²) < 4.78 is 5.16. The van der Waals surface area contributed by atoms with Gasteiger partial charge in [-0.3, -0.25) is 0 Å². The van der Waals surface area contributed by atoms with E-state index in [1.165, 1.54) is 25.9 Å². The van der Waals surface area contributed by atoms with E-state index >= 15 is 0 Å². The maximum atomic E-state index is 11.4. The highest BCUT2D eigenvalue weighted by Crippen LogP contribution is 2.09. The fourth-order valence-electron chi connectivity index (χ4n) is 2.31. The fourth-order valence-corrected chi connectivity index (χ4v) is 2.31. The number of hydrogen-bond donors (Lipinski definition) is 2. The van der Waals surface area contributed by atoms with Crippen LogP contribution < -0.4 is 10.6 Å². The predicted octanol–water partition coefficient (Wildman–Crippen LogP) is 2.14. The first kappa shape index (κ1) is 18.0. The number of carbonyl (C=O) groups excluding carboxylic acids is 1. The Labute approximate surface area is 129 Å². The highest BCUT2D eigenvalue weighted by molar-refractivity contribution is 5.67. The number of nitrogens with one attached hydrogen (secondary N) is 2. The summed E-state index contributed by atoms with van der Waals surface area (Å²) in [6.07, 6.45) is 6.09. The lowest BCUT2D eigenvalue weighted by Crippen LogP contribution is -2.42. The Hall–Kier alpha value is -1.07. The molecule has 1 amide bonds. The molecule has 0 aromatic heterocycles. The first-order valence-electron chi connectivity index (χ1n) is 7.98. The van der Waals surface area contributed by atoms with Gasteiger partial charge < -0.3 is 20.3 Å². The number of amides is 1. The molecule has 1 heterocycles. The number of piperidine rings is 1. The van der Waals surface area contributed by atoms with Gasteiger partial charge in [-0.25, -0.2) is 4.79 Å². The third-order valence-corrected chi connectivity index (χ3v) is 3.49. The van der Waals surface area contributed by atoms with Crippen LogP contribution in [0.4, 0.5) is 4.79 Å². The highest BCUT2D eigenvalue weighted by atomic mass is 16.6. The van der Waals surface area contributed by atoms with E-state index in [1.807, 2.05) is 26.8 Å². The smallest absolute Gasteiger partial charge is 0.407 e. The van der Waals surface area contributed by atoms with Crippen molar-refractivity contribution in [2.75, 3.05) is 32.7 Å². The minimum absolute atomic E-state index is 0.368. The molecule has 0 aromatic carbocycles. The van der Waals surface area contributed by atoms with Crippen molar-refractivity contribution in [2.45, 2.75) is 52.2 Å². The Morgan fingerprint density at radius 1 is 1.24 bits per heavy atom. The lowest BCUT2D eigenvalue weighted by atomic mass is 10.1. The quantitative estimate of drug-likeness (QED) is 0.738. The summed E-state index contributed by atoms with van der Waals surface area (Å²) in [5.41, 5.74) is -0.442. The van der Waals surface area contributed by atoms with Gasteiger partial charge >= 0.3 is 6.09 Å². The summed E-state index contributed by atoms with van der Waals surface area (Å²) in [6, 6.07) is 0.622. The van der Waals surface area contributed by atoms with Gasteiger partial charge in [0, 0.05) is 19.1 Å². The van der Waals surface area contributed by atoms with Crippen molar-refractivity contribution in [1.82, 2.24) is 15.5 Å². The molecular weight excluding hydrogens is 266 g/mol. The second-order valence-electron chi connectivity index (χ2n) is 6.47. The zero-order chi connectivity index (χ0) is 15.7. The number of nitrogens with zero attached hydrogens (tertiary/aromatic N) is 1. The van der Waals surface area contributed by atoms with Gasteiger partial charge in [-0.15, -0.1) is 0 Å². The third-order valence-electron chi connectivity index (χ3n) is 3.49. The average Bonchev–Trinajstić information content (AvgIpc) is 2.41. The standard InChI is InChI=1S/C16H31N3O2/c1-5-19-12-8-14(9-13-19)17-10-6-7-11-18-15(20)21-16(2,3)4/h6-7,14,17H,5,8-13H2,1-4H3,(H,18,20)/b7-6+. The van der Waals surface area contributed by atoms with Crippen LogP contribution in [0.15, 0.2) is 12.2 Å². The molecule has 0 unspecified atom stereocenters. The van der Waals surface area contributed by atoms with Crippen LogP contribution in [-0.2, 0) is 4.74 Å². The van der Waals surface area contributed by atoms with Crippen molar-refractivity contribution in [2.24, 2.45) is 0 Å². The van der Waals surface area contributed by atoms with Crippen LogP contribution in [0.1, 0.15) is 40.5 Å². The lowest BCUT2D eigenvalue weighted by Gasteiger charge is -2.31. The number of likely N-dealkylation sites (tertiary alicyclic amines) is 1. The van der Waals surface area contributed by atoms with Crippen LogP contribution in [0.5, 0.6) is 0 Å². The van der Waals surface area contributed by atoms with E-state index in [0.29, 0.717) is 12.6 Å². The van der Waals surface area contributed by atoms with E-state index in [2.05, 4.69) is 28.5 Å². The van der Waals surface area contributed by atoms with Crippen LogP contribution in [-0.4, -0.2) is 55.4 Å². The fraction of sp³-hybridized carbons (Fsp3) is 0.812. The first-order chi connectivity index (χ1) is 9.90. The van der Waals surface area contributed by atoms with Gasteiger partial charge in [-0.2, -0.15) is 0 Å². The number of carbonyl (C=O) groups is 1. The molecule has 0 bridgehead atoms. The van der Waals surface area contributed by atoms with E-state index in [1.54, 1.807) is 0 Å². The maximum absolute atomic E-state index is 11.4. The van der Waals surface area contributed by atoms with Crippen molar-refractivity contribution in [1.29, 1.82) is 0 Å².